The zero-order chi connectivity index (χ0) is 25.0. The molecule has 1 aromatic carbocycles. The summed E-state index contributed by atoms with van der Waals surface area (Å²) < 4.78 is 4.65. The van der Waals surface area contributed by atoms with Crippen molar-refractivity contribution in [2.45, 2.75) is 44.7 Å². The first-order valence-corrected chi connectivity index (χ1v) is 10.4. The quantitative estimate of drug-likeness (QED) is 0.180. The Morgan fingerprint density at radius 3 is 2.24 bits per heavy atom. The van der Waals surface area contributed by atoms with Crippen molar-refractivity contribution in [1.82, 2.24) is 10.6 Å². The number of carbonyl (C=O) groups excluding carboxylic acids is 5. The molecule has 0 aromatic heterocycles. The molecular formula is C21H32N6O6. The van der Waals surface area contributed by atoms with E-state index in [1.807, 2.05) is 0 Å². The average Bonchev–Trinajstić information content (AvgIpc) is 2.75. The molecule has 12 heteroatoms. The van der Waals surface area contributed by atoms with E-state index in [9.17, 15) is 24.0 Å². The topological polar surface area (TPSA) is 200 Å². The molecule has 33 heavy (non-hydrogen) atoms. The van der Waals surface area contributed by atoms with E-state index in [2.05, 4.69) is 15.4 Å². The summed E-state index contributed by atoms with van der Waals surface area (Å²) in [6.45, 7) is 1.79. The molecule has 12 nitrogen and oxygen atoms in total. The number of nitrogens with zero attached hydrogens (tertiary/aromatic N) is 1. The number of methoxy groups -OCH3 is 1. The van der Waals surface area contributed by atoms with Crippen molar-refractivity contribution < 1.29 is 28.7 Å². The summed E-state index contributed by atoms with van der Waals surface area (Å²) >= 11 is 0. The van der Waals surface area contributed by atoms with Crippen molar-refractivity contribution in [3.05, 3.63) is 29.8 Å². The Labute approximate surface area is 192 Å². The van der Waals surface area contributed by atoms with Gasteiger partial charge in [-0.15, -0.1) is 0 Å². The first-order valence-electron chi connectivity index (χ1n) is 10.4. The van der Waals surface area contributed by atoms with Gasteiger partial charge < -0.3 is 32.6 Å². The zero-order valence-electron chi connectivity index (χ0n) is 18.8. The predicted octanol–water partition coefficient (Wildman–Crippen LogP) is -1.11. The largest absolute Gasteiger partial charge is 0.469 e. The summed E-state index contributed by atoms with van der Waals surface area (Å²) in [7, 11) is 1.28. The number of benzene rings is 1. The van der Waals surface area contributed by atoms with Gasteiger partial charge in [-0.25, -0.2) is 4.79 Å². The van der Waals surface area contributed by atoms with Crippen LogP contribution in [-0.4, -0.2) is 62.0 Å². The molecule has 2 atom stereocenters. The van der Waals surface area contributed by atoms with Crippen molar-refractivity contribution in [2.75, 3.05) is 25.1 Å². The number of primary amides is 2. The number of ether oxygens (including phenoxy) is 1. The molecule has 8 N–H and O–H groups in total. The van der Waals surface area contributed by atoms with Crippen LogP contribution in [0.3, 0.4) is 0 Å². The van der Waals surface area contributed by atoms with E-state index >= 15 is 0 Å². The number of nitrogens with two attached hydrogens (primary N) is 3. The van der Waals surface area contributed by atoms with Crippen molar-refractivity contribution >= 4 is 35.4 Å². The molecule has 0 saturated heterocycles. The Balaban J connectivity index is 3.21. The normalized spacial score (nSPS) is 12.2. The monoisotopic (exact) mass is 464 g/mol. The van der Waals surface area contributed by atoms with Crippen LogP contribution >= 0.6 is 0 Å². The van der Waals surface area contributed by atoms with E-state index in [-0.39, 0.29) is 32.4 Å². The van der Waals surface area contributed by atoms with E-state index in [0.29, 0.717) is 17.7 Å². The maximum Gasteiger partial charge on any atom is 0.312 e. The number of hydrogen-bond donors (Lipinski definition) is 5. The zero-order valence-corrected chi connectivity index (χ0v) is 18.8. The number of nitrogens with one attached hydrogen (secondary N) is 2. The highest BCUT2D eigenvalue weighted by atomic mass is 16.5. The highest BCUT2D eigenvalue weighted by Gasteiger charge is 2.32. The molecule has 0 fully saturated rings. The van der Waals surface area contributed by atoms with Crippen LogP contribution in [0.2, 0.25) is 0 Å². The van der Waals surface area contributed by atoms with Gasteiger partial charge in [-0.3, -0.25) is 24.1 Å². The number of hydrogen-bond acceptors (Lipinski definition) is 7. The number of carbonyl (C=O) groups is 5. The minimum Gasteiger partial charge on any atom is -0.469 e. The minimum atomic E-state index is -1.06. The van der Waals surface area contributed by atoms with Crippen LogP contribution in [0.1, 0.15) is 31.7 Å². The van der Waals surface area contributed by atoms with E-state index in [1.54, 1.807) is 24.3 Å². The molecule has 0 bridgehead atoms. The van der Waals surface area contributed by atoms with Crippen LogP contribution in [-0.2, 0) is 30.3 Å². The SMILES string of the molecule is COC(=O)Cc1ccc(N(C(=O)[C@H](C)NC(=O)CCN)[C@@H](CCCNC(N)=O)C(N)=O)cc1. The maximum atomic E-state index is 13.3. The number of amides is 5. The third-order valence-electron chi connectivity index (χ3n) is 4.74. The first-order chi connectivity index (χ1) is 15.6. The van der Waals surface area contributed by atoms with Crippen LogP contribution in [0.4, 0.5) is 10.5 Å². The fourth-order valence-electron chi connectivity index (χ4n) is 3.09. The van der Waals surface area contributed by atoms with Crippen LogP contribution in [0.15, 0.2) is 24.3 Å². The lowest BCUT2D eigenvalue weighted by molar-refractivity contribution is -0.139. The van der Waals surface area contributed by atoms with E-state index in [0.717, 1.165) is 0 Å². The number of esters is 1. The molecule has 0 aliphatic rings. The lowest BCUT2D eigenvalue weighted by Crippen LogP contribution is -2.55. The van der Waals surface area contributed by atoms with E-state index in [1.165, 1.54) is 18.9 Å². The number of urea groups is 1. The second kappa shape index (κ2) is 13.7. The molecule has 0 unspecified atom stereocenters. The van der Waals surface area contributed by atoms with Crippen LogP contribution in [0, 0.1) is 0 Å². The summed E-state index contributed by atoms with van der Waals surface area (Å²) in [6, 6.07) is 3.64. The van der Waals surface area contributed by atoms with Crippen LogP contribution in [0.25, 0.3) is 0 Å². The van der Waals surface area contributed by atoms with Gasteiger partial charge in [0.05, 0.1) is 13.5 Å². The molecule has 1 aromatic rings. The summed E-state index contributed by atoms with van der Waals surface area (Å²) in [4.78, 5) is 61.1. The summed E-state index contributed by atoms with van der Waals surface area (Å²) in [5.74, 6) is -2.16. The molecule has 0 radical (unpaired) electrons. The Kier molecular flexibility index (Phi) is 11.3. The Morgan fingerprint density at radius 2 is 1.73 bits per heavy atom. The summed E-state index contributed by atoms with van der Waals surface area (Å²) in [6.07, 6.45) is 0.523. The van der Waals surface area contributed by atoms with Gasteiger partial charge in [-0.1, -0.05) is 12.1 Å². The second-order valence-corrected chi connectivity index (χ2v) is 7.31. The average molecular weight is 465 g/mol. The Morgan fingerprint density at radius 1 is 1.09 bits per heavy atom. The fourth-order valence-corrected chi connectivity index (χ4v) is 3.09. The fraction of sp³-hybridized carbons (Fsp3) is 0.476. The van der Waals surface area contributed by atoms with Crippen LogP contribution < -0.4 is 32.7 Å². The highest BCUT2D eigenvalue weighted by Crippen LogP contribution is 2.22. The number of anilines is 1. The van der Waals surface area contributed by atoms with Gasteiger partial charge in [0.1, 0.15) is 12.1 Å². The standard InChI is InChI=1S/C21H32N6O6/c1-13(26-17(28)9-10-22)20(31)27(16(19(23)30)4-3-11-25-21(24)32)15-7-5-14(6-8-15)12-18(29)33-2/h5-8,13,16H,3-4,9-12,22H2,1-2H3,(H2,23,30)(H,26,28)(H3,24,25,32)/t13-,16-/m0/s1. The molecule has 0 heterocycles. The van der Waals surface area contributed by atoms with Crippen molar-refractivity contribution in [2.24, 2.45) is 17.2 Å². The second-order valence-electron chi connectivity index (χ2n) is 7.31. The number of rotatable bonds is 13. The highest BCUT2D eigenvalue weighted by molar-refractivity contribution is 6.04. The van der Waals surface area contributed by atoms with Gasteiger partial charge in [-0.2, -0.15) is 0 Å². The van der Waals surface area contributed by atoms with Crippen molar-refractivity contribution in [3.63, 3.8) is 0 Å². The van der Waals surface area contributed by atoms with Gasteiger partial charge in [0.2, 0.25) is 17.7 Å². The maximum absolute atomic E-state index is 13.3. The smallest absolute Gasteiger partial charge is 0.312 e. The van der Waals surface area contributed by atoms with E-state index < -0.39 is 41.8 Å². The summed E-state index contributed by atoms with van der Waals surface area (Å²) in [5, 5.41) is 4.97. The first kappa shape index (κ1) is 27.4. The van der Waals surface area contributed by atoms with Gasteiger partial charge in [-0.05, 0) is 37.5 Å². The molecule has 0 spiro atoms. The Hall–Kier alpha value is -3.67. The lowest BCUT2D eigenvalue weighted by atomic mass is 10.0. The third kappa shape index (κ3) is 9.15. The Bertz CT molecular complexity index is 844. The molecule has 1 rings (SSSR count). The predicted molar refractivity (Wildman–Crippen MR) is 121 cm³/mol. The lowest BCUT2D eigenvalue weighted by Gasteiger charge is -2.32. The molecule has 182 valence electrons. The van der Waals surface area contributed by atoms with Gasteiger partial charge in [0.25, 0.3) is 0 Å². The van der Waals surface area contributed by atoms with Crippen molar-refractivity contribution in [1.29, 1.82) is 0 Å². The van der Waals surface area contributed by atoms with Crippen molar-refractivity contribution in [3.8, 4) is 0 Å². The minimum absolute atomic E-state index is 0.0360. The molecule has 5 amide bonds. The molecule has 0 aliphatic heterocycles. The summed E-state index contributed by atoms with van der Waals surface area (Å²) in [5.41, 5.74) is 17.0. The van der Waals surface area contributed by atoms with Gasteiger partial charge in [0, 0.05) is 25.2 Å². The van der Waals surface area contributed by atoms with E-state index in [4.69, 9.17) is 17.2 Å². The van der Waals surface area contributed by atoms with Gasteiger partial charge >= 0.3 is 12.0 Å². The molecule has 0 aliphatic carbocycles. The molecule has 0 saturated carbocycles. The van der Waals surface area contributed by atoms with Gasteiger partial charge in [0.15, 0.2) is 0 Å². The van der Waals surface area contributed by atoms with Crippen LogP contribution in [0.5, 0.6) is 0 Å². The molecular weight excluding hydrogens is 432 g/mol. The third-order valence-corrected chi connectivity index (χ3v) is 4.74.